The molecule has 0 saturated carbocycles. The van der Waals surface area contributed by atoms with Crippen LogP contribution in [0.3, 0.4) is 0 Å². The van der Waals surface area contributed by atoms with Crippen LogP contribution in [0.5, 0.6) is 0 Å². The average molecular weight is 217 g/mol. The Morgan fingerprint density at radius 1 is 1.31 bits per heavy atom. The smallest absolute Gasteiger partial charge is 0.0569 e. The molecule has 0 bridgehead atoms. The first-order chi connectivity index (χ1) is 7.81. The molecule has 2 aromatic rings. The highest BCUT2D eigenvalue weighted by Crippen LogP contribution is 2.24. The van der Waals surface area contributed by atoms with Crippen molar-refractivity contribution in [3.05, 3.63) is 36.7 Å². The van der Waals surface area contributed by atoms with Crippen molar-refractivity contribution < 1.29 is 5.11 Å². The second-order valence-electron chi connectivity index (χ2n) is 3.66. The third-order valence-corrected chi connectivity index (χ3v) is 2.45. The number of aliphatic hydroxyl groups excluding tert-OH is 1. The van der Waals surface area contributed by atoms with Gasteiger partial charge in [0.25, 0.3) is 0 Å². The molecule has 84 valence electrons. The molecule has 0 aliphatic heterocycles. The van der Waals surface area contributed by atoms with E-state index >= 15 is 0 Å². The van der Waals surface area contributed by atoms with Crippen molar-refractivity contribution in [1.82, 2.24) is 9.78 Å². The number of rotatable bonds is 4. The van der Waals surface area contributed by atoms with Crippen molar-refractivity contribution in [2.75, 3.05) is 12.3 Å². The number of nitrogen functional groups attached to an aromatic ring is 1. The van der Waals surface area contributed by atoms with Crippen LogP contribution < -0.4 is 5.73 Å². The largest absolute Gasteiger partial charge is 0.398 e. The van der Waals surface area contributed by atoms with E-state index in [2.05, 4.69) is 5.10 Å². The fraction of sp³-hybridized carbons (Fsp3) is 0.250. The molecule has 4 heteroatoms. The second kappa shape index (κ2) is 4.81. The molecule has 0 atom stereocenters. The van der Waals surface area contributed by atoms with Gasteiger partial charge in [-0.1, -0.05) is 18.2 Å². The zero-order valence-corrected chi connectivity index (χ0v) is 9.00. The molecule has 0 unspecified atom stereocenters. The molecule has 1 aromatic heterocycles. The Morgan fingerprint density at radius 3 is 2.88 bits per heavy atom. The van der Waals surface area contributed by atoms with Crippen molar-refractivity contribution in [1.29, 1.82) is 0 Å². The lowest BCUT2D eigenvalue weighted by molar-refractivity contribution is 0.277. The summed E-state index contributed by atoms with van der Waals surface area (Å²) in [5.41, 5.74) is 8.65. The topological polar surface area (TPSA) is 64.1 Å². The van der Waals surface area contributed by atoms with Crippen LogP contribution >= 0.6 is 0 Å². The molecule has 2 rings (SSSR count). The Kier molecular flexibility index (Phi) is 3.22. The van der Waals surface area contributed by atoms with Gasteiger partial charge in [0.2, 0.25) is 0 Å². The van der Waals surface area contributed by atoms with Crippen LogP contribution in [0.25, 0.3) is 11.1 Å². The number of aliphatic hydroxyl groups is 1. The predicted molar refractivity (Wildman–Crippen MR) is 63.8 cm³/mol. The molecule has 0 aliphatic rings. The van der Waals surface area contributed by atoms with Gasteiger partial charge in [-0.2, -0.15) is 5.10 Å². The number of anilines is 1. The average Bonchev–Trinajstić information content (AvgIpc) is 2.75. The van der Waals surface area contributed by atoms with Gasteiger partial charge < -0.3 is 10.8 Å². The zero-order chi connectivity index (χ0) is 11.4. The Hall–Kier alpha value is -1.81. The summed E-state index contributed by atoms with van der Waals surface area (Å²) in [6.45, 7) is 0.909. The lowest BCUT2D eigenvalue weighted by atomic mass is 10.1. The lowest BCUT2D eigenvalue weighted by Crippen LogP contribution is -1.99. The van der Waals surface area contributed by atoms with E-state index in [0.29, 0.717) is 6.42 Å². The summed E-state index contributed by atoms with van der Waals surface area (Å²) < 4.78 is 1.82. The maximum Gasteiger partial charge on any atom is 0.0569 e. The number of hydrogen-bond donors (Lipinski definition) is 2. The van der Waals surface area contributed by atoms with Crippen molar-refractivity contribution in [2.24, 2.45) is 0 Å². The van der Waals surface area contributed by atoms with Crippen molar-refractivity contribution in [2.45, 2.75) is 13.0 Å². The zero-order valence-electron chi connectivity index (χ0n) is 9.00. The summed E-state index contributed by atoms with van der Waals surface area (Å²) in [6.07, 6.45) is 4.45. The molecule has 4 nitrogen and oxygen atoms in total. The third-order valence-electron chi connectivity index (χ3n) is 2.45. The first-order valence-electron chi connectivity index (χ1n) is 5.29. The molecule has 3 N–H and O–H groups in total. The number of nitrogens with zero attached hydrogens (tertiary/aromatic N) is 2. The summed E-state index contributed by atoms with van der Waals surface area (Å²) in [6, 6.07) is 7.72. The van der Waals surface area contributed by atoms with Crippen LogP contribution in [-0.4, -0.2) is 21.5 Å². The molecule has 0 radical (unpaired) electrons. The molecule has 1 heterocycles. The van der Waals surface area contributed by atoms with Gasteiger partial charge in [0.1, 0.15) is 0 Å². The Bertz CT molecular complexity index is 465. The second-order valence-corrected chi connectivity index (χ2v) is 3.66. The maximum absolute atomic E-state index is 8.73. The van der Waals surface area contributed by atoms with Gasteiger partial charge in [-0.15, -0.1) is 0 Å². The Labute approximate surface area is 94.3 Å². The summed E-state index contributed by atoms with van der Waals surface area (Å²) >= 11 is 0. The fourth-order valence-electron chi connectivity index (χ4n) is 1.62. The van der Waals surface area contributed by atoms with E-state index in [1.807, 2.05) is 35.1 Å². The minimum atomic E-state index is 0.183. The Morgan fingerprint density at radius 2 is 2.12 bits per heavy atom. The van der Waals surface area contributed by atoms with E-state index in [1.54, 1.807) is 6.20 Å². The SMILES string of the molecule is Nc1ccccc1-c1cnn(CCCO)c1. The van der Waals surface area contributed by atoms with Gasteiger partial charge >= 0.3 is 0 Å². The van der Waals surface area contributed by atoms with Crippen LogP contribution in [-0.2, 0) is 6.54 Å². The molecule has 0 spiro atoms. The maximum atomic E-state index is 8.73. The van der Waals surface area contributed by atoms with Gasteiger partial charge in [0.15, 0.2) is 0 Å². The monoisotopic (exact) mass is 217 g/mol. The Balaban J connectivity index is 2.22. The summed E-state index contributed by atoms with van der Waals surface area (Å²) in [7, 11) is 0. The van der Waals surface area contributed by atoms with Crippen molar-refractivity contribution in [3.63, 3.8) is 0 Å². The molecular weight excluding hydrogens is 202 g/mol. The molecule has 0 amide bonds. The van der Waals surface area contributed by atoms with Gasteiger partial charge in [-0.25, -0.2) is 0 Å². The molecule has 0 fully saturated rings. The van der Waals surface area contributed by atoms with E-state index in [9.17, 15) is 0 Å². The minimum absolute atomic E-state index is 0.183. The molecular formula is C12H15N3O. The standard InChI is InChI=1S/C12H15N3O/c13-12-5-2-1-4-11(12)10-8-14-15(9-10)6-3-7-16/h1-2,4-5,8-9,16H,3,6-7,13H2. The fourth-order valence-corrected chi connectivity index (χ4v) is 1.62. The minimum Gasteiger partial charge on any atom is -0.398 e. The van der Waals surface area contributed by atoms with E-state index < -0.39 is 0 Å². The van der Waals surface area contributed by atoms with E-state index in [1.165, 1.54) is 0 Å². The van der Waals surface area contributed by atoms with Crippen LogP contribution in [0, 0.1) is 0 Å². The number of aryl methyl sites for hydroxylation is 1. The van der Waals surface area contributed by atoms with Crippen molar-refractivity contribution >= 4 is 5.69 Å². The van der Waals surface area contributed by atoms with Crippen LogP contribution in [0.4, 0.5) is 5.69 Å². The number of hydrogen-bond acceptors (Lipinski definition) is 3. The van der Waals surface area contributed by atoms with Crippen LogP contribution in [0.2, 0.25) is 0 Å². The lowest BCUT2D eigenvalue weighted by Gasteiger charge is -2.01. The number of aromatic nitrogens is 2. The molecule has 16 heavy (non-hydrogen) atoms. The highest BCUT2D eigenvalue weighted by molar-refractivity contribution is 5.75. The first kappa shape index (κ1) is 10.7. The summed E-state index contributed by atoms with van der Waals surface area (Å²) in [4.78, 5) is 0. The number of benzene rings is 1. The van der Waals surface area contributed by atoms with Crippen molar-refractivity contribution in [3.8, 4) is 11.1 Å². The predicted octanol–water partition coefficient (Wildman–Crippen LogP) is 1.51. The van der Waals surface area contributed by atoms with E-state index in [4.69, 9.17) is 10.8 Å². The summed E-state index contributed by atoms with van der Waals surface area (Å²) in [5.74, 6) is 0. The summed E-state index contributed by atoms with van der Waals surface area (Å²) in [5, 5.41) is 13.0. The van der Waals surface area contributed by atoms with Gasteiger partial charge in [0, 0.05) is 36.2 Å². The van der Waals surface area contributed by atoms with Crippen LogP contribution in [0.1, 0.15) is 6.42 Å². The molecule has 1 aromatic carbocycles. The highest BCUT2D eigenvalue weighted by Gasteiger charge is 2.04. The van der Waals surface area contributed by atoms with E-state index in [0.717, 1.165) is 23.4 Å². The van der Waals surface area contributed by atoms with E-state index in [-0.39, 0.29) is 6.61 Å². The van der Waals surface area contributed by atoms with Gasteiger partial charge in [-0.05, 0) is 12.5 Å². The normalized spacial score (nSPS) is 10.6. The molecule has 0 saturated heterocycles. The quantitative estimate of drug-likeness (QED) is 0.763. The van der Waals surface area contributed by atoms with Gasteiger partial charge in [-0.3, -0.25) is 4.68 Å². The number of nitrogens with two attached hydrogens (primary N) is 1. The third kappa shape index (κ3) is 2.23. The first-order valence-corrected chi connectivity index (χ1v) is 5.29. The van der Waals surface area contributed by atoms with Gasteiger partial charge in [0.05, 0.1) is 6.20 Å². The number of para-hydroxylation sites is 1. The molecule has 0 aliphatic carbocycles. The van der Waals surface area contributed by atoms with Crippen LogP contribution in [0.15, 0.2) is 36.7 Å². The highest BCUT2D eigenvalue weighted by atomic mass is 16.3.